The summed E-state index contributed by atoms with van der Waals surface area (Å²) in [6.45, 7) is 0.690. The summed E-state index contributed by atoms with van der Waals surface area (Å²) in [7, 11) is 0. The van der Waals surface area contributed by atoms with Gasteiger partial charge in [-0.05, 0) is 31.0 Å². The van der Waals surface area contributed by atoms with E-state index in [2.05, 4.69) is 25.2 Å². The van der Waals surface area contributed by atoms with E-state index in [1.807, 2.05) is 0 Å². The van der Waals surface area contributed by atoms with Crippen molar-refractivity contribution in [2.45, 2.75) is 31.2 Å². The van der Waals surface area contributed by atoms with Crippen molar-refractivity contribution in [3.8, 4) is 17.3 Å². The molecule has 38 heavy (non-hydrogen) atoms. The normalized spacial score (nSPS) is 17.6. The van der Waals surface area contributed by atoms with Crippen LogP contribution in [0.25, 0.3) is 11.4 Å². The Morgan fingerprint density at radius 1 is 1.21 bits per heavy atom. The minimum absolute atomic E-state index is 0.0739. The number of hydrogen-bond acceptors (Lipinski definition) is 8. The Balaban J connectivity index is 1.44. The first-order valence-corrected chi connectivity index (χ1v) is 12.0. The van der Waals surface area contributed by atoms with E-state index in [9.17, 15) is 23.1 Å². The molecule has 0 spiro atoms. The van der Waals surface area contributed by atoms with Crippen LogP contribution in [0, 0.1) is 0 Å². The van der Waals surface area contributed by atoms with Crippen molar-refractivity contribution in [1.82, 2.24) is 15.0 Å². The minimum Gasteiger partial charge on any atom is -0.475 e. The quantitative estimate of drug-likeness (QED) is 0.444. The smallest absolute Gasteiger partial charge is 0.416 e. The summed E-state index contributed by atoms with van der Waals surface area (Å²) < 4.78 is 45.2. The van der Waals surface area contributed by atoms with Crippen LogP contribution >= 0.6 is 0 Å². The lowest BCUT2D eigenvalue weighted by atomic mass is 10.0. The molecule has 1 fully saturated rings. The fourth-order valence-corrected chi connectivity index (χ4v) is 4.53. The van der Waals surface area contributed by atoms with Crippen molar-refractivity contribution in [3.63, 3.8) is 0 Å². The molecule has 2 atom stereocenters. The van der Waals surface area contributed by atoms with Gasteiger partial charge >= 0.3 is 12.2 Å². The number of aromatic nitrogens is 3. The van der Waals surface area contributed by atoms with E-state index >= 15 is 0 Å². The second-order valence-corrected chi connectivity index (χ2v) is 9.03. The highest BCUT2D eigenvalue weighted by Crippen LogP contribution is 2.39. The molecule has 3 aromatic rings. The molecule has 0 aliphatic carbocycles. The lowest BCUT2D eigenvalue weighted by molar-refractivity contribution is -0.137. The number of piperidine rings is 1. The van der Waals surface area contributed by atoms with Crippen molar-refractivity contribution < 1.29 is 32.9 Å². The number of nitrogens with zero attached hydrogens (tertiary/aromatic N) is 5. The van der Waals surface area contributed by atoms with Gasteiger partial charge in [-0.2, -0.15) is 18.2 Å². The zero-order valence-electron chi connectivity index (χ0n) is 20.1. The van der Waals surface area contributed by atoms with Crippen LogP contribution < -0.4 is 19.9 Å². The van der Waals surface area contributed by atoms with Crippen LogP contribution in [0.1, 0.15) is 18.4 Å². The molecular weight excluding hydrogens is 505 g/mol. The summed E-state index contributed by atoms with van der Waals surface area (Å²) in [6, 6.07) is 8.77. The van der Waals surface area contributed by atoms with E-state index in [1.54, 1.807) is 24.4 Å². The van der Waals surface area contributed by atoms with Crippen LogP contribution in [0.2, 0.25) is 0 Å². The minimum atomic E-state index is -4.51. The molecule has 0 unspecified atom stereocenters. The zero-order chi connectivity index (χ0) is 26.9. The molecular formula is C25H25F3N6O4. The molecule has 0 radical (unpaired) electrons. The molecule has 200 valence electrons. The SMILES string of the molecule is O=C(Nc1cccc(OC[C@@H](O)CO)n1)N1c2nc(-c3cccc(C(F)(F)F)c3)ncc2N2CCC[C@H]1C2. The van der Waals surface area contributed by atoms with Gasteiger partial charge in [-0.1, -0.05) is 18.2 Å². The fourth-order valence-electron chi connectivity index (χ4n) is 4.53. The van der Waals surface area contributed by atoms with Crippen molar-refractivity contribution in [2.75, 3.05) is 41.4 Å². The number of aliphatic hydroxyl groups is 2. The van der Waals surface area contributed by atoms with Gasteiger partial charge in [0.25, 0.3) is 0 Å². The Morgan fingerprint density at radius 2 is 2.03 bits per heavy atom. The van der Waals surface area contributed by atoms with Gasteiger partial charge in [-0.3, -0.25) is 10.2 Å². The molecule has 1 saturated heterocycles. The maximum absolute atomic E-state index is 13.5. The monoisotopic (exact) mass is 530 g/mol. The third-order valence-electron chi connectivity index (χ3n) is 6.34. The van der Waals surface area contributed by atoms with Crippen LogP contribution in [-0.4, -0.2) is 69.6 Å². The molecule has 2 aliphatic heterocycles. The summed E-state index contributed by atoms with van der Waals surface area (Å²) in [6.07, 6.45) is -2.47. The second kappa shape index (κ2) is 10.4. The van der Waals surface area contributed by atoms with Gasteiger partial charge in [-0.15, -0.1) is 0 Å². The van der Waals surface area contributed by atoms with Crippen LogP contribution in [0.5, 0.6) is 5.88 Å². The van der Waals surface area contributed by atoms with Crippen LogP contribution in [0.4, 0.5) is 35.3 Å². The van der Waals surface area contributed by atoms with Gasteiger partial charge in [0.2, 0.25) is 5.88 Å². The largest absolute Gasteiger partial charge is 0.475 e. The number of rotatable bonds is 6. The average molecular weight is 531 g/mol. The number of pyridine rings is 1. The van der Waals surface area contributed by atoms with E-state index in [1.165, 1.54) is 17.0 Å². The molecule has 10 nitrogen and oxygen atoms in total. The Morgan fingerprint density at radius 3 is 2.82 bits per heavy atom. The maximum Gasteiger partial charge on any atom is 0.416 e. The van der Waals surface area contributed by atoms with E-state index in [-0.39, 0.29) is 35.7 Å². The van der Waals surface area contributed by atoms with E-state index in [0.717, 1.165) is 31.5 Å². The number of aliphatic hydroxyl groups excluding tert-OH is 2. The third kappa shape index (κ3) is 5.34. The van der Waals surface area contributed by atoms with Gasteiger partial charge in [-0.25, -0.2) is 14.8 Å². The molecule has 2 aliphatic rings. The highest BCUT2D eigenvalue weighted by Gasteiger charge is 2.39. The number of halogens is 3. The third-order valence-corrected chi connectivity index (χ3v) is 6.34. The Labute approximate surface area is 215 Å². The van der Waals surface area contributed by atoms with Crippen molar-refractivity contribution in [1.29, 1.82) is 0 Å². The molecule has 3 N–H and O–H groups in total. The molecule has 2 amide bonds. The molecule has 4 heterocycles. The van der Waals surface area contributed by atoms with Gasteiger partial charge in [0.05, 0.1) is 30.1 Å². The number of alkyl halides is 3. The van der Waals surface area contributed by atoms with E-state index in [0.29, 0.717) is 18.1 Å². The van der Waals surface area contributed by atoms with Gasteiger partial charge in [0.1, 0.15) is 18.5 Å². The van der Waals surface area contributed by atoms with Gasteiger partial charge in [0.15, 0.2) is 11.6 Å². The summed E-state index contributed by atoms with van der Waals surface area (Å²) in [5.41, 5.74) is -0.00798. The van der Waals surface area contributed by atoms with E-state index < -0.39 is 30.5 Å². The highest BCUT2D eigenvalue weighted by atomic mass is 19.4. The first kappa shape index (κ1) is 25.7. The second-order valence-electron chi connectivity index (χ2n) is 9.03. The van der Waals surface area contributed by atoms with Crippen LogP contribution in [-0.2, 0) is 6.18 Å². The first-order valence-electron chi connectivity index (χ1n) is 12.0. The molecule has 13 heteroatoms. The Kier molecular flexibility index (Phi) is 7.04. The van der Waals surface area contributed by atoms with E-state index in [4.69, 9.17) is 9.84 Å². The van der Waals surface area contributed by atoms with Crippen LogP contribution in [0.15, 0.2) is 48.7 Å². The molecule has 5 rings (SSSR count). The number of carbonyl (C=O) groups excluding carboxylic acids is 1. The van der Waals surface area contributed by atoms with Crippen molar-refractivity contribution >= 4 is 23.4 Å². The Hall–Kier alpha value is -3.97. The highest BCUT2D eigenvalue weighted by molar-refractivity contribution is 6.04. The number of carbonyl (C=O) groups is 1. The zero-order valence-corrected chi connectivity index (χ0v) is 20.1. The summed E-state index contributed by atoms with van der Waals surface area (Å²) in [5, 5.41) is 21.2. The Bertz CT molecular complexity index is 1320. The number of anilines is 3. The number of nitrogens with one attached hydrogen (secondary N) is 1. The lowest BCUT2D eigenvalue weighted by Crippen LogP contribution is -2.56. The topological polar surface area (TPSA) is 124 Å². The van der Waals surface area contributed by atoms with Crippen molar-refractivity contribution in [3.05, 3.63) is 54.2 Å². The van der Waals surface area contributed by atoms with Gasteiger partial charge in [0, 0.05) is 24.7 Å². The molecule has 2 aromatic heterocycles. The number of benzene rings is 1. The van der Waals surface area contributed by atoms with Crippen LogP contribution in [0.3, 0.4) is 0 Å². The van der Waals surface area contributed by atoms with Crippen molar-refractivity contribution in [2.24, 2.45) is 0 Å². The number of hydrogen-bond donors (Lipinski definition) is 3. The number of amides is 2. The maximum atomic E-state index is 13.5. The lowest BCUT2D eigenvalue weighted by Gasteiger charge is -2.45. The standard InChI is InChI=1S/C25H25F3N6O4/c26-25(27,28)16-5-1-4-15(10-16)22-29-11-19-23(32-22)34(17-6-3-9-33(19)12-17)24(37)31-20-7-2-8-21(30-20)38-14-18(36)13-35/h1-2,4-5,7-8,10-11,17-18,35-36H,3,6,9,12-14H2,(H,30,31,37)/t17-,18-/m0/s1. The first-order chi connectivity index (χ1) is 18.2. The predicted octanol–water partition coefficient (Wildman–Crippen LogP) is 3.31. The van der Waals surface area contributed by atoms with Gasteiger partial charge < -0.3 is 19.8 Å². The number of ether oxygens (including phenoxy) is 1. The average Bonchev–Trinajstić information content (AvgIpc) is 2.91. The predicted molar refractivity (Wildman–Crippen MR) is 132 cm³/mol. The number of fused-ring (bicyclic) bond motifs is 4. The summed E-state index contributed by atoms with van der Waals surface area (Å²) >= 11 is 0. The molecule has 1 aromatic carbocycles. The molecule has 2 bridgehead atoms. The molecule has 0 saturated carbocycles. The number of urea groups is 1. The fraction of sp³-hybridized carbons (Fsp3) is 0.360. The summed E-state index contributed by atoms with van der Waals surface area (Å²) in [4.78, 5) is 30.2. The summed E-state index contributed by atoms with van der Waals surface area (Å²) in [5.74, 6) is 0.717.